The number of rotatable bonds is 10. The third kappa shape index (κ3) is 7.13. The number of hydrogen-bond acceptors (Lipinski definition) is 4. The average Bonchev–Trinajstić information content (AvgIpc) is 3.33. The van der Waals surface area contributed by atoms with Gasteiger partial charge in [-0.2, -0.15) is 0 Å². The Bertz CT molecular complexity index is 1090. The first-order chi connectivity index (χ1) is 16.4. The Morgan fingerprint density at radius 1 is 1.00 bits per heavy atom. The monoisotopic (exact) mass is 483 g/mol. The van der Waals surface area contributed by atoms with E-state index >= 15 is 0 Å². The minimum absolute atomic E-state index is 0.105. The van der Waals surface area contributed by atoms with Gasteiger partial charge in [-0.05, 0) is 60.2 Å². The lowest BCUT2D eigenvalue weighted by molar-refractivity contribution is -0.133. The second-order valence-corrected chi connectivity index (χ2v) is 9.08. The highest BCUT2D eigenvalue weighted by molar-refractivity contribution is 7.09. The van der Waals surface area contributed by atoms with Crippen LogP contribution in [0, 0.1) is 19.7 Å². The van der Waals surface area contributed by atoms with Crippen LogP contribution in [0.5, 0.6) is 0 Å². The Balaban J connectivity index is 1.76. The second kappa shape index (κ2) is 12.3. The molecule has 3 aromatic rings. The van der Waals surface area contributed by atoms with E-state index in [4.69, 9.17) is 4.74 Å². The fourth-order valence-electron chi connectivity index (χ4n) is 3.43. The summed E-state index contributed by atoms with van der Waals surface area (Å²) in [5, 5.41) is 4.88. The summed E-state index contributed by atoms with van der Waals surface area (Å²) in [5.74, 6) is -0.529. The van der Waals surface area contributed by atoms with Crippen LogP contribution in [0.25, 0.3) is 0 Å². The van der Waals surface area contributed by atoms with E-state index in [0.29, 0.717) is 25.4 Å². The maximum absolute atomic E-state index is 13.4. The first-order valence-corrected chi connectivity index (χ1v) is 11.9. The molecular weight excluding hydrogens is 453 g/mol. The van der Waals surface area contributed by atoms with Crippen molar-refractivity contribution in [1.29, 1.82) is 0 Å². The van der Waals surface area contributed by atoms with Crippen LogP contribution in [0.15, 0.2) is 60.0 Å². The fourth-order valence-corrected chi connectivity index (χ4v) is 4.15. The number of aryl methyl sites for hydroxylation is 1. The number of carbonyl (C=O) groups excluding carboxylic acids is 2. The lowest BCUT2D eigenvalue weighted by atomic mass is 10.1. The van der Waals surface area contributed by atoms with Crippen molar-refractivity contribution in [1.82, 2.24) is 9.80 Å². The number of urea groups is 1. The minimum atomic E-state index is -0.364. The molecule has 0 spiro atoms. The molecule has 1 heterocycles. The predicted molar refractivity (Wildman–Crippen MR) is 133 cm³/mol. The van der Waals surface area contributed by atoms with Gasteiger partial charge in [0.05, 0.1) is 13.2 Å². The average molecular weight is 484 g/mol. The number of anilines is 1. The normalized spacial score (nSPS) is 10.7. The maximum Gasteiger partial charge on any atom is 0.322 e. The number of hydrogen-bond donors (Lipinski definition) is 1. The van der Waals surface area contributed by atoms with Gasteiger partial charge in [-0.1, -0.05) is 30.3 Å². The highest BCUT2D eigenvalue weighted by atomic mass is 32.1. The summed E-state index contributed by atoms with van der Waals surface area (Å²) < 4.78 is 18.5. The van der Waals surface area contributed by atoms with Gasteiger partial charge >= 0.3 is 6.03 Å². The van der Waals surface area contributed by atoms with Crippen LogP contribution < -0.4 is 5.32 Å². The van der Waals surface area contributed by atoms with E-state index in [0.717, 1.165) is 21.6 Å². The molecule has 6 nitrogen and oxygen atoms in total. The summed E-state index contributed by atoms with van der Waals surface area (Å²) in [5.41, 5.74) is 3.57. The van der Waals surface area contributed by atoms with Crippen molar-refractivity contribution in [2.24, 2.45) is 0 Å². The van der Waals surface area contributed by atoms with Gasteiger partial charge < -0.3 is 19.9 Å². The molecule has 34 heavy (non-hydrogen) atoms. The SMILES string of the molecule is COCCN(CC(=O)N(Cc1ccc(F)cc1)Cc1cccs1)C(=O)Nc1cccc(C)c1C. The van der Waals surface area contributed by atoms with Crippen molar-refractivity contribution >= 4 is 29.0 Å². The molecule has 1 N–H and O–H groups in total. The summed E-state index contributed by atoms with van der Waals surface area (Å²) in [6.45, 7) is 5.11. The predicted octanol–water partition coefficient (Wildman–Crippen LogP) is 5.21. The molecule has 0 atom stereocenters. The van der Waals surface area contributed by atoms with Crippen LogP contribution in [0.4, 0.5) is 14.9 Å². The molecule has 0 unspecified atom stereocenters. The van der Waals surface area contributed by atoms with Gasteiger partial charge in [0.25, 0.3) is 0 Å². The zero-order chi connectivity index (χ0) is 24.5. The van der Waals surface area contributed by atoms with Gasteiger partial charge in [-0.3, -0.25) is 4.79 Å². The Hall–Kier alpha value is -3.23. The highest BCUT2D eigenvalue weighted by Crippen LogP contribution is 2.19. The van der Waals surface area contributed by atoms with Crippen LogP contribution in [-0.4, -0.2) is 48.5 Å². The molecule has 0 radical (unpaired) electrons. The number of halogens is 1. The zero-order valence-electron chi connectivity index (χ0n) is 19.7. The smallest absolute Gasteiger partial charge is 0.322 e. The van der Waals surface area contributed by atoms with E-state index in [2.05, 4.69) is 5.32 Å². The lowest BCUT2D eigenvalue weighted by Crippen LogP contribution is -2.45. The number of carbonyl (C=O) groups is 2. The molecule has 0 saturated carbocycles. The minimum Gasteiger partial charge on any atom is -0.383 e. The molecule has 0 bridgehead atoms. The Kier molecular flexibility index (Phi) is 9.18. The molecule has 1 aromatic heterocycles. The van der Waals surface area contributed by atoms with Crippen molar-refractivity contribution in [3.8, 4) is 0 Å². The van der Waals surface area contributed by atoms with Gasteiger partial charge in [0, 0.05) is 30.8 Å². The van der Waals surface area contributed by atoms with Gasteiger partial charge in [0.1, 0.15) is 12.4 Å². The maximum atomic E-state index is 13.4. The molecule has 2 aromatic carbocycles. The quantitative estimate of drug-likeness (QED) is 0.430. The van der Waals surface area contributed by atoms with E-state index in [1.165, 1.54) is 17.0 Å². The number of nitrogens with one attached hydrogen (secondary N) is 1. The molecule has 3 rings (SSSR count). The van der Waals surface area contributed by atoms with Crippen molar-refractivity contribution < 1.29 is 18.7 Å². The largest absolute Gasteiger partial charge is 0.383 e. The van der Waals surface area contributed by atoms with Gasteiger partial charge in [0.2, 0.25) is 5.91 Å². The number of nitrogens with zero attached hydrogens (tertiary/aromatic N) is 2. The van der Waals surface area contributed by atoms with Crippen LogP contribution in [-0.2, 0) is 22.6 Å². The molecule has 0 aliphatic carbocycles. The molecule has 0 saturated heterocycles. The van der Waals surface area contributed by atoms with Crippen LogP contribution in [0.1, 0.15) is 21.6 Å². The lowest BCUT2D eigenvalue weighted by Gasteiger charge is -2.28. The molecule has 8 heteroatoms. The van der Waals surface area contributed by atoms with Gasteiger partial charge in [-0.15, -0.1) is 11.3 Å². The zero-order valence-corrected chi connectivity index (χ0v) is 20.5. The van der Waals surface area contributed by atoms with E-state index in [9.17, 15) is 14.0 Å². The van der Waals surface area contributed by atoms with Gasteiger partial charge in [0.15, 0.2) is 0 Å². The topological polar surface area (TPSA) is 61.9 Å². The van der Waals surface area contributed by atoms with Crippen molar-refractivity contribution in [2.45, 2.75) is 26.9 Å². The van der Waals surface area contributed by atoms with E-state index < -0.39 is 0 Å². The van der Waals surface area contributed by atoms with Crippen LogP contribution in [0.2, 0.25) is 0 Å². The molecule has 0 fully saturated rings. The van der Waals surface area contributed by atoms with E-state index in [1.54, 1.807) is 35.5 Å². The molecule has 180 valence electrons. The van der Waals surface area contributed by atoms with Crippen molar-refractivity contribution in [3.05, 3.63) is 87.4 Å². The molecule has 0 aliphatic rings. The standard InChI is InChI=1S/C26H30FN3O3S/c1-19-6-4-8-24(20(19)2)28-26(32)29(13-14-33-3)18-25(31)30(17-23-7-5-15-34-23)16-21-9-11-22(27)12-10-21/h4-12,15H,13-14,16-18H2,1-3H3,(H,28,32). The number of ether oxygens (including phenoxy) is 1. The fraction of sp³-hybridized carbons (Fsp3) is 0.308. The Morgan fingerprint density at radius 3 is 2.44 bits per heavy atom. The molecule has 0 aliphatic heterocycles. The summed E-state index contributed by atoms with van der Waals surface area (Å²) in [7, 11) is 1.56. The van der Waals surface area contributed by atoms with Gasteiger partial charge in [-0.25, -0.2) is 9.18 Å². The third-order valence-corrected chi connectivity index (χ3v) is 6.45. The molecular formula is C26H30FN3O3S. The van der Waals surface area contributed by atoms with Crippen molar-refractivity contribution in [3.63, 3.8) is 0 Å². The number of amides is 3. The first-order valence-electron chi connectivity index (χ1n) is 11.0. The van der Waals surface area contributed by atoms with Crippen LogP contribution >= 0.6 is 11.3 Å². The van der Waals surface area contributed by atoms with Crippen molar-refractivity contribution in [2.75, 3.05) is 32.1 Å². The first kappa shape index (κ1) is 25.4. The summed E-state index contributed by atoms with van der Waals surface area (Å²) in [6, 6.07) is 15.3. The van der Waals surface area contributed by atoms with Crippen LogP contribution in [0.3, 0.4) is 0 Å². The van der Waals surface area contributed by atoms with E-state index in [1.807, 2.05) is 49.6 Å². The van der Waals surface area contributed by atoms with E-state index in [-0.39, 0.29) is 30.8 Å². The third-order valence-electron chi connectivity index (χ3n) is 5.59. The highest BCUT2D eigenvalue weighted by Gasteiger charge is 2.22. The Morgan fingerprint density at radius 2 is 1.76 bits per heavy atom. The summed E-state index contributed by atoms with van der Waals surface area (Å²) in [6.07, 6.45) is 0. The number of thiophene rings is 1. The summed E-state index contributed by atoms with van der Waals surface area (Å²) >= 11 is 1.56. The Labute approximate surface area is 204 Å². The number of benzene rings is 2. The molecule has 3 amide bonds. The number of methoxy groups -OCH3 is 1. The second-order valence-electron chi connectivity index (χ2n) is 8.05. The summed E-state index contributed by atoms with van der Waals surface area (Å²) in [4.78, 5) is 30.7.